The average Bonchev–Trinajstić information content (AvgIpc) is 2.66. The summed E-state index contributed by atoms with van der Waals surface area (Å²) in [7, 11) is 0. The van der Waals surface area contributed by atoms with Crippen LogP contribution in [0.5, 0.6) is 23.0 Å². The van der Waals surface area contributed by atoms with Crippen LogP contribution in [0.25, 0.3) is 0 Å². The highest BCUT2D eigenvalue weighted by atomic mass is 16.3. The Hall–Kier alpha value is -3.42. The number of rotatable bonds is 8. The Balaban J connectivity index is 1.72. The van der Waals surface area contributed by atoms with Crippen LogP contribution in [0.1, 0.15) is 40.5 Å². The first-order valence-electron chi connectivity index (χ1n) is 8.89. The molecule has 0 saturated carbocycles. The Labute approximate surface area is 162 Å². The molecule has 0 aliphatic heterocycles. The summed E-state index contributed by atoms with van der Waals surface area (Å²) in [6, 6.07) is 8.36. The van der Waals surface area contributed by atoms with Gasteiger partial charge in [0.2, 0.25) is 0 Å². The van der Waals surface area contributed by atoms with Crippen LogP contribution in [0.15, 0.2) is 36.4 Å². The minimum atomic E-state index is -0.478. The summed E-state index contributed by atoms with van der Waals surface area (Å²) >= 11 is 0. The lowest BCUT2D eigenvalue weighted by atomic mass is 10.0. The minimum Gasteiger partial charge on any atom is -0.504 e. The van der Waals surface area contributed by atoms with E-state index in [0.29, 0.717) is 25.9 Å². The molecule has 0 unspecified atom stereocenters. The number of phenolic OH excluding ortho intramolecular Hbond substituents is 4. The van der Waals surface area contributed by atoms with Crippen molar-refractivity contribution in [3.63, 3.8) is 0 Å². The number of hydrogen-bond donors (Lipinski definition) is 6. The molecule has 0 saturated heterocycles. The van der Waals surface area contributed by atoms with E-state index < -0.39 is 23.3 Å². The summed E-state index contributed by atoms with van der Waals surface area (Å²) in [5.41, 5.74) is 0.0108. The van der Waals surface area contributed by atoms with Crippen LogP contribution in [-0.2, 0) is 0 Å². The van der Waals surface area contributed by atoms with Gasteiger partial charge in [-0.25, -0.2) is 0 Å². The second-order valence-corrected chi connectivity index (χ2v) is 6.54. The van der Waals surface area contributed by atoms with Crippen LogP contribution in [0, 0.1) is 5.92 Å². The largest absolute Gasteiger partial charge is 0.504 e. The van der Waals surface area contributed by atoms with Gasteiger partial charge in [-0.2, -0.15) is 0 Å². The molecule has 2 rings (SSSR count). The SMILES string of the molecule is CC(CCNC(=O)c1cccc(O)c1O)CCNC(=O)c1cccc(O)c1O. The third kappa shape index (κ3) is 5.29. The molecule has 0 heterocycles. The normalized spacial score (nSPS) is 10.6. The van der Waals surface area contributed by atoms with Crippen molar-refractivity contribution in [1.82, 2.24) is 10.6 Å². The lowest BCUT2D eigenvalue weighted by Crippen LogP contribution is -2.28. The van der Waals surface area contributed by atoms with E-state index in [2.05, 4.69) is 10.6 Å². The summed E-state index contributed by atoms with van der Waals surface area (Å²) in [6.45, 7) is 2.71. The quantitative estimate of drug-likeness (QED) is 0.383. The molecule has 8 nitrogen and oxygen atoms in total. The van der Waals surface area contributed by atoms with Gasteiger partial charge >= 0.3 is 0 Å². The van der Waals surface area contributed by atoms with Crippen LogP contribution in [0.3, 0.4) is 0 Å². The Morgan fingerprint density at radius 1 is 0.786 bits per heavy atom. The van der Waals surface area contributed by atoms with Gasteiger partial charge in [0.25, 0.3) is 11.8 Å². The number of benzene rings is 2. The smallest absolute Gasteiger partial charge is 0.255 e. The van der Waals surface area contributed by atoms with Gasteiger partial charge in [0, 0.05) is 13.1 Å². The van der Waals surface area contributed by atoms with E-state index in [1.165, 1.54) is 36.4 Å². The third-order valence-electron chi connectivity index (χ3n) is 4.36. The minimum absolute atomic E-state index is 0.00541. The molecule has 150 valence electrons. The van der Waals surface area contributed by atoms with Crippen molar-refractivity contribution in [3.05, 3.63) is 47.5 Å². The second kappa shape index (κ2) is 9.50. The zero-order chi connectivity index (χ0) is 20.7. The van der Waals surface area contributed by atoms with Gasteiger partial charge in [0.15, 0.2) is 23.0 Å². The van der Waals surface area contributed by atoms with E-state index in [1.807, 2.05) is 6.92 Å². The van der Waals surface area contributed by atoms with Crippen molar-refractivity contribution in [2.45, 2.75) is 19.8 Å². The van der Waals surface area contributed by atoms with Crippen molar-refractivity contribution in [2.24, 2.45) is 5.92 Å². The van der Waals surface area contributed by atoms with E-state index in [1.54, 1.807) is 0 Å². The van der Waals surface area contributed by atoms with E-state index in [4.69, 9.17) is 0 Å². The van der Waals surface area contributed by atoms with Crippen molar-refractivity contribution in [2.75, 3.05) is 13.1 Å². The molecule has 2 amide bonds. The molecular formula is C20H24N2O6. The lowest BCUT2D eigenvalue weighted by Gasteiger charge is -2.13. The fourth-order valence-electron chi connectivity index (χ4n) is 2.63. The maximum Gasteiger partial charge on any atom is 0.255 e. The second-order valence-electron chi connectivity index (χ2n) is 6.54. The zero-order valence-electron chi connectivity index (χ0n) is 15.5. The number of amides is 2. The maximum atomic E-state index is 12.0. The highest BCUT2D eigenvalue weighted by Gasteiger charge is 2.15. The van der Waals surface area contributed by atoms with Crippen LogP contribution in [-0.4, -0.2) is 45.3 Å². The molecule has 6 N–H and O–H groups in total. The van der Waals surface area contributed by atoms with Gasteiger partial charge < -0.3 is 31.1 Å². The summed E-state index contributed by atoms with van der Waals surface area (Å²) in [4.78, 5) is 24.1. The molecule has 0 aliphatic carbocycles. The number of hydrogen-bond acceptors (Lipinski definition) is 6. The third-order valence-corrected chi connectivity index (χ3v) is 4.36. The predicted octanol–water partition coefficient (Wildman–Crippen LogP) is 2.09. The fraction of sp³-hybridized carbons (Fsp3) is 0.300. The Morgan fingerprint density at radius 2 is 1.18 bits per heavy atom. The molecule has 2 aromatic rings. The molecule has 8 heteroatoms. The van der Waals surface area contributed by atoms with Gasteiger partial charge in [0.1, 0.15) is 0 Å². The predicted molar refractivity (Wildman–Crippen MR) is 103 cm³/mol. The van der Waals surface area contributed by atoms with E-state index in [-0.39, 0.29) is 28.5 Å². The van der Waals surface area contributed by atoms with E-state index in [9.17, 15) is 30.0 Å². The molecule has 28 heavy (non-hydrogen) atoms. The number of carbonyl (C=O) groups is 2. The Bertz CT molecular complexity index is 783. The summed E-state index contributed by atoms with van der Waals surface area (Å²) in [6.07, 6.45) is 1.30. The van der Waals surface area contributed by atoms with E-state index in [0.717, 1.165) is 0 Å². The number of nitrogens with one attached hydrogen (secondary N) is 2. The zero-order valence-corrected chi connectivity index (χ0v) is 15.5. The first-order valence-corrected chi connectivity index (χ1v) is 8.89. The molecule has 0 bridgehead atoms. The summed E-state index contributed by atoms with van der Waals surface area (Å²) in [5.74, 6) is -2.38. The number of para-hydroxylation sites is 2. The Morgan fingerprint density at radius 3 is 1.57 bits per heavy atom. The molecule has 2 aromatic carbocycles. The van der Waals surface area contributed by atoms with Crippen molar-refractivity contribution >= 4 is 11.8 Å². The molecular weight excluding hydrogens is 364 g/mol. The summed E-state index contributed by atoms with van der Waals surface area (Å²) < 4.78 is 0. The maximum absolute atomic E-state index is 12.0. The van der Waals surface area contributed by atoms with Crippen LogP contribution in [0.4, 0.5) is 0 Å². The standard InChI is InChI=1S/C20H24N2O6/c1-12(8-10-21-19(27)13-4-2-6-15(23)17(13)25)9-11-22-20(28)14-5-3-7-16(24)18(14)26/h2-7,12,23-26H,8-11H2,1H3,(H,21,27)(H,22,28). The summed E-state index contributed by atoms with van der Waals surface area (Å²) in [5, 5.41) is 43.6. The van der Waals surface area contributed by atoms with Gasteiger partial charge in [0.05, 0.1) is 11.1 Å². The Kier molecular flexibility index (Phi) is 7.08. The highest BCUT2D eigenvalue weighted by Crippen LogP contribution is 2.28. The monoisotopic (exact) mass is 388 g/mol. The van der Waals surface area contributed by atoms with Crippen LogP contribution >= 0.6 is 0 Å². The van der Waals surface area contributed by atoms with Gasteiger partial charge in [-0.15, -0.1) is 0 Å². The first-order chi connectivity index (χ1) is 13.3. The first kappa shape index (κ1) is 20.9. The lowest BCUT2D eigenvalue weighted by molar-refractivity contribution is 0.0944. The van der Waals surface area contributed by atoms with Gasteiger partial charge in [-0.3, -0.25) is 9.59 Å². The van der Waals surface area contributed by atoms with Crippen LogP contribution < -0.4 is 10.6 Å². The van der Waals surface area contributed by atoms with Gasteiger partial charge in [-0.05, 0) is 43.0 Å². The van der Waals surface area contributed by atoms with Crippen molar-refractivity contribution in [1.29, 1.82) is 0 Å². The number of aromatic hydroxyl groups is 4. The average molecular weight is 388 g/mol. The number of carbonyl (C=O) groups excluding carboxylic acids is 2. The molecule has 0 aromatic heterocycles. The van der Waals surface area contributed by atoms with Gasteiger partial charge in [-0.1, -0.05) is 19.1 Å². The van der Waals surface area contributed by atoms with E-state index >= 15 is 0 Å². The van der Waals surface area contributed by atoms with Crippen LogP contribution in [0.2, 0.25) is 0 Å². The molecule has 0 fully saturated rings. The van der Waals surface area contributed by atoms with Crippen molar-refractivity contribution in [3.8, 4) is 23.0 Å². The molecule has 0 aliphatic rings. The molecule has 0 spiro atoms. The fourth-order valence-corrected chi connectivity index (χ4v) is 2.63. The molecule has 0 atom stereocenters. The topological polar surface area (TPSA) is 139 Å². The number of phenols is 4. The highest BCUT2D eigenvalue weighted by molar-refractivity contribution is 5.98. The van der Waals surface area contributed by atoms with Crippen molar-refractivity contribution < 1.29 is 30.0 Å². The molecule has 0 radical (unpaired) electrons.